The van der Waals surface area contributed by atoms with Crippen molar-refractivity contribution in [2.45, 2.75) is 33.6 Å². The van der Waals surface area contributed by atoms with Gasteiger partial charge >= 0.3 is 0 Å². The number of anilines is 1. The quantitative estimate of drug-likeness (QED) is 0.887. The number of piperidine rings is 1. The van der Waals surface area contributed by atoms with Gasteiger partial charge in [0.05, 0.1) is 0 Å². The summed E-state index contributed by atoms with van der Waals surface area (Å²) < 4.78 is 0. The monoisotopic (exact) mass is 248 g/mol. The van der Waals surface area contributed by atoms with Crippen molar-refractivity contribution in [1.82, 2.24) is 14.9 Å². The average Bonchev–Trinajstić information content (AvgIpc) is 2.36. The lowest BCUT2D eigenvalue weighted by atomic mass is 9.97. The second kappa shape index (κ2) is 6.14. The normalized spacial score (nSPS) is 17.9. The highest BCUT2D eigenvalue weighted by atomic mass is 15.1. The van der Waals surface area contributed by atoms with Crippen molar-refractivity contribution in [2.24, 2.45) is 5.92 Å². The van der Waals surface area contributed by atoms with Crippen molar-refractivity contribution in [3.8, 4) is 0 Å². The van der Waals surface area contributed by atoms with Crippen LogP contribution in [0.3, 0.4) is 0 Å². The van der Waals surface area contributed by atoms with Gasteiger partial charge in [0.25, 0.3) is 0 Å². The molecule has 1 aliphatic rings. The van der Waals surface area contributed by atoms with E-state index in [1.807, 2.05) is 19.9 Å². The zero-order chi connectivity index (χ0) is 13.0. The molecular formula is C14H24N4. The summed E-state index contributed by atoms with van der Waals surface area (Å²) in [5.41, 5.74) is 2.07. The molecule has 0 atom stereocenters. The van der Waals surface area contributed by atoms with E-state index in [9.17, 15) is 0 Å². The summed E-state index contributed by atoms with van der Waals surface area (Å²) in [4.78, 5) is 11.4. The van der Waals surface area contributed by atoms with Crippen LogP contribution >= 0.6 is 0 Å². The molecule has 1 saturated heterocycles. The van der Waals surface area contributed by atoms with Crippen molar-refractivity contribution in [2.75, 3.05) is 31.5 Å². The van der Waals surface area contributed by atoms with E-state index in [-0.39, 0.29) is 0 Å². The van der Waals surface area contributed by atoms with Crippen molar-refractivity contribution < 1.29 is 0 Å². The molecule has 4 heteroatoms. The highest BCUT2D eigenvalue weighted by molar-refractivity contribution is 5.27. The zero-order valence-electron chi connectivity index (χ0n) is 11.7. The van der Waals surface area contributed by atoms with E-state index in [1.165, 1.54) is 32.5 Å². The van der Waals surface area contributed by atoms with Gasteiger partial charge < -0.3 is 10.2 Å². The number of likely N-dealkylation sites (tertiary alicyclic amines) is 1. The topological polar surface area (TPSA) is 41.0 Å². The van der Waals surface area contributed by atoms with Gasteiger partial charge in [0.15, 0.2) is 0 Å². The molecule has 2 rings (SSSR count). The molecule has 1 N–H and O–H groups in total. The minimum atomic E-state index is 0.761. The third-order valence-electron chi connectivity index (χ3n) is 3.69. The summed E-state index contributed by atoms with van der Waals surface area (Å²) in [5.74, 6) is 1.54. The van der Waals surface area contributed by atoms with Crippen molar-refractivity contribution in [3.63, 3.8) is 0 Å². The first kappa shape index (κ1) is 13.3. The van der Waals surface area contributed by atoms with Crippen LogP contribution in [0.1, 0.15) is 31.2 Å². The third kappa shape index (κ3) is 3.67. The number of nitrogens with zero attached hydrogens (tertiary/aromatic N) is 3. The van der Waals surface area contributed by atoms with Crippen LogP contribution in [0.4, 0.5) is 5.95 Å². The zero-order valence-corrected chi connectivity index (χ0v) is 11.7. The fourth-order valence-electron chi connectivity index (χ4n) is 2.55. The number of aromatic nitrogens is 2. The van der Waals surface area contributed by atoms with Crippen LogP contribution in [0.25, 0.3) is 0 Å². The van der Waals surface area contributed by atoms with Crippen LogP contribution in [0.15, 0.2) is 6.07 Å². The Morgan fingerprint density at radius 1 is 1.22 bits per heavy atom. The van der Waals surface area contributed by atoms with Gasteiger partial charge in [-0.1, -0.05) is 6.92 Å². The Balaban J connectivity index is 1.81. The van der Waals surface area contributed by atoms with Crippen molar-refractivity contribution >= 4 is 5.95 Å². The lowest BCUT2D eigenvalue weighted by Crippen LogP contribution is -2.35. The highest BCUT2D eigenvalue weighted by Crippen LogP contribution is 2.17. The lowest BCUT2D eigenvalue weighted by Gasteiger charge is -2.31. The summed E-state index contributed by atoms with van der Waals surface area (Å²) in [7, 11) is 0. The van der Waals surface area contributed by atoms with E-state index in [1.54, 1.807) is 0 Å². The molecule has 0 bridgehead atoms. The Kier molecular flexibility index (Phi) is 4.53. The van der Waals surface area contributed by atoms with E-state index in [2.05, 4.69) is 27.1 Å². The van der Waals surface area contributed by atoms with Crippen LogP contribution in [0.2, 0.25) is 0 Å². The second-order valence-corrected chi connectivity index (χ2v) is 5.23. The fraction of sp³-hybridized carbons (Fsp3) is 0.714. The van der Waals surface area contributed by atoms with Crippen LogP contribution in [-0.4, -0.2) is 41.0 Å². The maximum Gasteiger partial charge on any atom is 0.223 e. The minimum Gasteiger partial charge on any atom is -0.354 e. The summed E-state index contributed by atoms with van der Waals surface area (Å²) in [6.45, 7) is 10.9. The van der Waals surface area contributed by atoms with E-state index in [4.69, 9.17) is 0 Å². The van der Waals surface area contributed by atoms with Crippen molar-refractivity contribution in [3.05, 3.63) is 17.5 Å². The number of nitrogens with one attached hydrogen (secondary N) is 1. The average molecular weight is 248 g/mol. The third-order valence-corrected chi connectivity index (χ3v) is 3.69. The summed E-state index contributed by atoms with van der Waals surface area (Å²) in [6.07, 6.45) is 2.57. The van der Waals surface area contributed by atoms with Gasteiger partial charge in [-0.15, -0.1) is 0 Å². The maximum absolute atomic E-state index is 4.42. The first-order chi connectivity index (χ1) is 8.67. The number of hydrogen-bond donors (Lipinski definition) is 1. The van der Waals surface area contributed by atoms with Gasteiger partial charge in [0, 0.05) is 17.9 Å². The van der Waals surface area contributed by atoms with Gasteiger partial charge in [-0.3, -0.25) is 0 Å². The Morgan fingerprint density at radius 2 is 1.83 bits per heavy atom. The molecular weight excluding hydrogens is 224 g/mol. The van der Waals surface area contributed by atoms with E-state index in [0.717, 1.165) is 29.8 Å². The van der Waals surface area contributed by atoms with Crippen LogP contribution in [-0.2, 0) is 0 Å². The molecule has 1 fully saturated rings. The SMILES string of the molecule is CCN1CCC(CNc2nc(C)cc(C)n2)CC1. The minimum absolute atomic E-state index is 0.761. The number of hydrogen-bond acceptors (Lipinski definition) is 4. The summed E-state index contributed by atoms with van der Waals surface area (Å²) >= 11 is 0. The molecule has 0 amide bonds. The van der Waals surface area contributed by atoms with Crippen LogP contribution < -0.4 is 5.32 Å². The van der Waals surface area contributed by atoms with Gasteiger partial charge in [-0.05, 0) is 58.3 Å². The number of rotatable bonds is 4. The first-order valence-corrected chi connectivity index (χ1v) is 6.96. The van der Waals surface area contributed by atoms with Crippen molar-refractivity contribution in [1.29, 1.82) is 0 Å². The molecule has 0 saturated carbocycles. The molecule has 100 valence electrons. The lowest BCUT2D eigenvalue weighted by molar-refractivity contribution is 0.198. The first-order valence-electron chi connectivity index (χ1n) is 6.96. The number of aryl methyl sites for hydroxylation is 2. The molecule has 2 heterocycles. The van der Waals surface area contributed by atoms with E-state index < -0.39 is 0 Å². The largest absolute Gasteiger partial charge is 0.354 e. The van der Waals surface area contributed by atoms with Gasteiger partial charge in [-0.25, -0.2) is 9.97 Å². The predicted octanol–water partition coefficient (Wildman–Crippen LogP) is 2.24. The summed E-state index contributed by atoms with van der Waals surface area (Å²) in [5, 5.41) is 3.39. The molecule has 1 aromatic rings. The Hall–Kier alpha value is -1.16. The van der Waals surface area contributed by atoms with Gasteiger partial charge in [0.2, 0.25) is 5.95 Å². The molecule has 0 spiro atoms. The summed E-state index contributed by atoms with van der Waals surface area (Å²) in [6, 6.07) is 2.00. The Bertz CT molecular complexity index is 363. The molecule has 0 unspecified atom stereocenters. The molecule has 0 aromatic carbocycles. The molecule has 0 aliphatic carbocycles. The molecule has 4 nitrogen and oxygen atoms in total. The van der Waals surface area contributed by atoms with Gasteiger partial charge in [-0.2, -0.15) is 0 Å². The fourth-order valence-corrected chi connectivity index (χ4v) is 2.55. The second-order valence-electron chi connectivity index (χ2n) is 5.23. The maximum atomic E-state index is 4.42. The standard InChI is InChI=1S/C14H24N4/c1-4-18-7-5-13(6-8-18)10-15-14-16-11(2)9-12(3)17-14/h9,13H,4-8,10H2,1-3H3,(H,15,16,17). The molecule has 18 heavy (non-hydrogen) atoms. The predicted molar refractivity (Wildman–Crippen MR) is 74.8 cm³/mol. The molecule has 1 aliphatic heterocycles. The van der Waals surface area contributed by atoms with E-state index in [0.29, 0.717) is 0 Å². The van der Waals surface area contributed by atoms with Crippen LogP contribution in [0.5, 0.6) is 0 Å². The van der Waals surface area contributed by atoms with Crippen LogP contribution in [0, 0.1) is 19.8 Å². The highest BCUT2D eigenvalue weighted by Gasteiger charge is 2.17. The molecule has 0 radical (unpaired) electrons. The Labute approximate surface area is 110 Å². The Morgan fingerprint density at radius 3 is 2.39 bits per heavy atom. The van der Waals surface area contributed by atoms with E-state index >= 15 is 0 Å². The van der Waals surface area contributed by atoms with Gasteiger partial charge in [0.1, 0.15) is 0 Å². The smallest absolute Gasteiger partial charge is 0.223 e. The molecule has 1 aromatic heterocycles.